The monoisotopic (exact) mass is 217 g/mol. The van der Waals surface area contributed by atoms with E-state index in [4.69, 9.17) is 9.47 Å². The van der Waals surface area contributed by atoms with Crippen LogP contribution in [0.2, 0.25) is 0 Å². The van der Waals surface area contributed by atoms with Crippen LogP contribution < -0.4 is 5.32 Å². The van der Waals surface area contributed by atoms with Crippen molar-refractivity contribution in [2.75, 3.05) is 32.9 Å². The average Bonchev–Trinajstić information content (AvgIpc) is 2.62. The molecule has 90 valence electrons. The molecule has 0 spiro atoms. The van der Waals surface area contributed by atoms with E-state index in [1.54, 1.807) is 0 Å². The van der Waals surface area contributed by atoms with Crippen LogP contribution in [0.4, 0.5) is 0 Å². The van der Waals surface area contributed by atoms with Crippen molar-refractivity contribution >= 4 is 0 Å². The third-order valence-corrected chi connectivity index (χ3v) is 2.69. The first-order valence-corrected chi connectivity index (χ1v) is 5.77. The molecule has 0 bridgehead atoms. The van der Waals surface area contributed by atoms with Crippen molar-refractivity contribution < 1.29 is 14.6 Å². The lowest BCUT2D eigenvalue weighted by molar-refractivity contribution is 0.0117. The van der Waals surface area contributed by atoms with Gasteiger partial charge in [-0.25, -0.2) is 0 Å². The maximum atomic E-state index is 9.51. The van der Waals surface area contributed by atoms with E-state index in [-0.39, 0.29) is 5.60 Å². The fourth-order valence-corrected chi connectivity index (χ4v) is 1.79. The van der Waals surface area contributed by atoms with Gasteiger partial charge >= 0.3 is 0 Å². The van der Waals surface area contributed by atoms with Gasteiger partial charge in [-0.2, -0.15) is 0 Å². The molecular weight excluding hydrogens is 194 g/mol. The Balaban J connectivity index is 2.04. The summed E-state index contributed by atoms with van der Waals surface area (Å²) in [5, 5.41) is 12.7. The minimum absolute atomic E-state index is 0.0364. The van der Waals surface area contributed by atoms with E-state index in [9.17, 15) is 5.11 Å². The van der Waals surface area contributed by atoms with Crippen LogP contribution in [-0.4, -0.2) is 49.7 Å². The fraction of sp³-hybridized carbons (Fsp3) is 1.00. The summed E-state index contributed by atoms with van der Waals surface area (Å²) in [6.07, 6.45) is 1.82. The number of hydrogen-bond acceptors (Lipinski definition) is 4. The third-order valence-electron chi connectivity index (χ3n) is 2.69. The average molecular weight is 217 g/mol. The lowest BCUT2D eigenvalue weighted by Gasteiger charge is -2.24. The van der Waals surface area contributed by atoms with E-state index in [1.165, 1.54) is 0 Å². The van der Waals surface area contributed by atoms with Crippen LogP contribution in [0.5, 0.6) is 0 Å². The maximum absolute atomic E-state index is 9.51. The molecule has 1 fully saturated rings. The summed E-state index contributed by atoms with van der Waals surface area (Å²) in [5.41, 5.74) is -0.0364. The number of ether oxygens (including phenoxy) is 2. The predicted molar refractivity (Wildman–Crippen MR) is 59.0 cm³/mol. The predicted octanol–water partition coefficient (Wildman–Crippen LogP) is 0.542. The summed E-state index contributed by atoms with van der Waals surface area (Å²) in [6, 6.07) is 0. The van der Waals surface area contributed by atoms with Crippen LogP contribution in [-0.2, 0) is 9.47 Å². The summed E-state index contributed by atoms with van der Waals surface area (Å²) in [5.74, 6) is 0. The molecule has 2 unspecified atom stereocenters. The lowest BCUT2D eigenvalue weighted by atomic mass is 10.0. The Morgan fingerprint density at radius 3 is 3.00 bits per heavy atom. The van der Waals surface area contributed by atoms with Crippen LogP contribution in [0.15, 0.2) is 0 Å². The van der Waals surface area contributed by atoms with Gasteiger partial charge in [0.1, 0.15) is 0 Å². The number of hydrogen-bond donors (Lipinski definition) is 2. The van der Waals surface area contributed by atoms with Gasteiger partial charge in [0.2, 0.25) is 0 Å². The van der Waals surface area contributed by atoms with Gasteiger partial charge in [-0.15, -0.1) is 0 Å². The highest BCUT2D eigenvalue weighted by atomic mass is 16.5. The summed E-state index contributed by atoms with van der Waals surface area (Å²) in [7, 11) is 0. The molecule has 0 aromatic carbocycles. The van der Waals surface area contributed by atoms with Crippen molar-refractivity contribution in [3.05, 3.63) is 0 Å². The zero-order valence-corrected chi connectivity index (χ0v) is 9.79. The summed E-state index contributed by atoms with van der Waals surface area (Å²) in [6.45, 7) is 7.32. The second-order valence-electron chi connectivity index (χ2n) is 4.35. The first-order chi connectivity index (χ1) is 7.16. The topological polar surface area (TPSA) is 50.7 Å². The van der Waals surface area contributed by atoms with Gasteiger partial charge in [0, 0.05) is 26.3 Å². The smallest absolute Gasteiger partial charge is 0.0897 e. The van der Waals surface area contributed by atoms with Crippen molar-refractivity contribution in [2.24, 2.45) is 0 Å². The Kier molecular flexibility index (Phi) is 5.53. The minimum atomic E-state index is -0.421. The van der Waals surface area contributed by atoms with E-state index in [1.807, 2.05) is 6.92 Å². The largest absolute Gasteiger partial charge is 0.389 e. The van der Waals surface area contributed by atoms with E-state index in [0.29, 0.717) is 19.8 Å². The minimum Gasteiger partial charge on any atom is -0.389 e. The second kappa shape index (κ2) is 6.43. The number of aliphatic hydroxyl groups is 1. The molecule has 0 aromatic heterocycles. The molecular formula is C11H23NO3. The van der Waals surface area contributed by atoms with E-state index in [0.717, 1.165) is 26.0 Å². The molecule has 0 amide bonds. The quantitative estimate of drug-likeness (QED) is 0.653. The second-order valence-corrected chi connectivity index (χ2v) is 4.35. The fourth-order valence-electron chi connectivity index (χ4n) is 1.79. The number of aliphatic hydroxyl groups excluding tert-OH is 1. The Hall–Kier alpha value is -0.160. The molecule has 1 aliphatic heterocycles. The highest BCUT2D eigenvalue weighted by Gasteiger charge is 2.29. The molecule has 1 saturated heterocycles. The summed E-state index contributed by atoms with van der Waals surface area (Å²) < 4.78 is 10.7. The van der Waals surface area contributed by atoms with Gasteiger partial charge < -0.3 is 19.9 Å². The van der Waals surface area contributed by atoms with Crippen LogP contribution in [0.3, 0.4) is 0 Å². The normalized spacial score (nSPS) is 28.2. The van der Waals surface area contributed by atoms with Crippen LogP contribution in [0.1, 0.15) is 26.7 Å². The third kappa shape index (κ3) is 4.93. The lowest BCUT2D eigenvalue weighted by Crippen LogP contribution is -2.41. The molecule has 2 N–H and O–H groups in total. The zero-order valence-electron chi connectivity index (χ0n) is 9.79. The van der Waals surface area contributed by atoms with Gasteiger partial charge in [-0.1, -0.05) is 0 Å². The Bertz CT molecular complexity index is 169. The molecule has 0 aromatic rings. The molecule has 0 saturated carbocycles. The number of rotatable bonds is 7. The Labute approximate surface area is 92.0 Å². The molecule has 1 heterocycles. The van der Waals surface area contributed by atoms with Gasteiger partial charge in [-0.05, 0) is 26.7 Å². The highest BCUT2D eigenvalue weighted by Crippen LogP contribution is 2.23. The van der Waals surface area contributed by atoms with Crippen molar-refractivity contribution in [1.29, 1.82) is 0 Å². The van der Waals surface area contributed by atoms with E-state index >= 15 is 0 Å². The van der Waals surface area contributed by atoms with Crippen LogP contribution in [0.25, 0.3) is 0 Å². The molecule has 4 nitrogen and oxygen atoms in total. The molecule has 0 radical (unpaired) electrons. The van der Waals surface area contributed by atoms with Gasteiger partial charge in [-0.3, -0.25) is 0 Å². The summed E-state index contributed by atoms with van der Waals surface area (Å²) >= 11 is 0. The van der Waals surface area contributed by atoms with Crippen molar-refractivity contribution in [2.45, 2.75) is 38.4 Å². The Morgan fingerprint density at radius 2 is 2.40 bits per heavy atom. The van der Waals surface area contributed by atoms with Crippen LogP contribution >= 0.6 is 0 Å². The number of nitrogens with one attached hydrogen (secondary N) is 1. The standard InChI is InChI=1S/C11H23NO3/c1-3-14-8-10(13)7-12-9-11(2)5-4-6-15-11/h10,12-13H,3-9H2,1-2H3. The van der Waals surface area contributed by atoms with Crippen LogP contribution in [0, 0.1) is 0 Å². The van der Waals surface area contributed by atoms with Gasteiger partial charge in [0.05, 0.1) is 18.3 Å². The molecule has 1 aliphatic rings. The van der Waals surface area contributed by atoms with Crippen molar-refractivity contribution in [3.63, 3.8) is 0 Å². The van der Waals surface area contributed by atoms with Gasteiger partial charge in [0.15, 0.2) is 0 Å². The SMILES string of the molecule is CCOCC(O)CNCC1(C)CCCO1. The molecule has 15 heavy (non-hydrogen) atoms. The zero-order chi connectivity index (χ0) is 11.1. The molecule has 4 heteroatoms. The van der Waals surface area contributed by atoms with Gasteiger partial charge in [0.25, 0.3) is 0 Å². The first-order valence-electron chi connectivity index (χ1n) is 5.77. The summed E-state index contributed by atoms with van der Waals surface area (Å²) in [4.78, 5) is 0. The highest BCUT2D eigenvalue weighted by molar-refractivity contribution is 4.82. The first kappa shape index (κ1) is 12.9. The Morgan fingerprint density at radius 1 is 1.60 bits per heavy atom. The molecule has 1 rings (SSSR count). The van der Waals surface area contributed by atoms with Crippen molar-refractivity contribution in [3.8, 4) is 0 Å². The van der Waals surface area contributed by atoms with Crippen molar-refractivity contribution in [1.82, 2.24) is 5.32 Å². The maximum Gasteiger partial charge on any atom is 0.0897 e. The van der Waals surface area contributed by atoms with E-state index in [2.05, 4.69) is 12.2 Å². The van der Waals surface area contributed by atoms with E-state index < -0.39 is 6.10 Å². The molecule has 2 atom stereocenters. The molecule has 0 aliphatic carbocycles.